The fourth-order valence-corrected chi connectivity index (χ4v) is 2.68. The van der Waals surface area contributed by atoms with Crippen LogP contribution in [0.25, 0.3) is 0 Å². The summed E-state index contributed by atoms with van der Waals surface area (Å²) in [4.78, 5) is 12.2. The van der Waals surface area contributed by atoms with Crippen molar-refractivity contribution in [3.8, 4) is 0 Å². The number of amides is 1. The van der Waals surface area contributed by atoms with E-state index in [1.807, 2.05) is 0 Å². The highest BCUT2D eigenvalue weighted by Gasteiger charge is 2.28. The normalized spacial score (nSPS) is 21.2. The number of rotatable bonds is 4. The molecule has 1 aromatic rings. The van der Waals surface area contributed by atoms with Gasteiger partial charge in [-0.25, -0.2) is 12.8 Å². The number of nitrogens with one attached hydrogen (secondary N) is 3. The molecule has 1 aromatic carbocycles. The van der Waals surface area contributed by atoms with E-state index in [1.54, 1.807) is 6.92 Å². The van der Waals surface area contributed by atoms with Crippen molar-refractivity contribution in [1.82, 2.24) is 5.32 Å². The third kappa shape index (κ3) is 5.61. The number of hydrogen-bond donors (Lipinski definition) is 3. The van der Waals surface area contributed by atoms with E-state index >= 15 is 0 Å². The van der Waals surface area contributed by atoms with E-state index in [1.165, 1.54) is 12.1 Å². The molecule has 3 N–H and O–H groups in total. The summed E-state index contributed by atoms with van der Waals surface area (Å²) in [6.45, 7) is 2.87. The zero-order chi connectivity index (χ0) is 16.3. The number of benzene rings is 1. The molecule has 0 aliphatic carbocycles. The maximum Gasteiger partial charge on any atom is 0.244 e. The average Bonchev–Trinajstić information content (AvgIpc) is 2.41. The maximum absolute atomic E-state index is 13.6. The van der Waals surface area contributed by atoms with Crippen molar-refractivity contribution in [2.75, 3.05) is 29.4 Å². The molecule has 1 aliphatic rings. The van der Waals surface area contributed by atoms with Gasteiger partial charge in [-0.1, -0.05) is 0 Å². The molecule has 1 aliphatic heterocycles. The van der Waals surface area contributed by atoms with E-state index in [9.17, 15) is 17.6 Å². The van der Waals surface area contributed by atoms with Gasteiger partial charge in [-0.05, 0) is 25.1 Å². The van der Waals surface area contributed by atoms with Crippen LogP contribution in [0.15, 0.2) is 18.2 Å². The Morgan fingerprint density at radius 1 is 1.43 bits per heavy atom. The molecule has 0 unspecified atom stereocenters. The van der Waals surface area contributed by atoms with E-state index < -0.39 is 21.9 Å². The summed E-state index contributed by atoms with van der Waals surface area (Å²) in [6.07, 6.45) is 0.630. The van der Waals surface area contributed by atoms with Crippen LogP contribution >= 0.6 is 12.4 Å². The molecule has 0 aromatic heterocycles. The lowest BCUT2D eigenvalue weighted by molar-refractivity contribution is -0.123. The number of hydrogen-bond acceptors (Lipinski definition) is 5. The minimum absolute atomic E-state index is 0. The summed E-state index contributed by atoms with van der Waals surface area (Å²) in [6, 6.07) is 3.14. The molecule has 0 radical (unpaired) electrons. The van der Waals surface area contributed by atoms with Gasteiger partial charge < -0.3 is 15.4 Å². The lowest BCUT2D eigenvalue weighted by Crippen LogP contribution is -2.53. The SMILES string of the molecule is C[C@H]1OCCN[C@@H]1C(=O)Nc1ccc(F)c(NS(C)(=O)=O)c1.Cl. The first-order chi connectivity index (χ1) is 10.3. The Morgan fingerprint density at radius 3 is 2.74 bits per heavy atom. The van der Waals surface area contributed by atoms with E-state index in [-0.39, 0.29) is 35.8 Å². The number of sulfonamides is 1. The van der Waals surface area contributed by atoms with E-state index in [4.69, 9.17) is 4.74 Å². The minimum Gasteiger partial charge on any atom is -0.375 e. The first-order valence-corrected chi connectivity index (χ1v) is 8.58. The van der Waals surface area contributed by atoms with E-state index in [0.29, 0.717) is 13.2 Å². The number of halogens is 2. The van der Waals surface area contributed by atoms with Crippen LogP contribution in [0, 0.1) is 5.82 Å². The molecule has 130 valence electrons. The Labute approximate surface area is 140 Å². The Balaban J connectivity index is 0.00000264. The molecule has 23 heavy (non-hydrogen) atoms. The summed E-state index contributed by atoms with van der Waals surface area (Å²) in [5, 5.41) is 5.64. The molecule has 1 saturated heterocycles. The molecule has 7 nitrogen and oxygen atoms in total. The van der Waals surface area contributed by atoms with Crippen molar-refractivity contribution >= 4 is 39.7 Å². The first kappa shape index (κ1) is 19.6. The maximum atomic E-state index is 13.6. The van der Waals surface area contributed by atoms with Crippen LogP contribution in [-0.2, 0) is 19.6 Å². The monoisotopic (exact) mass is 367 g/mol. The summed E-state index contributed by atoms with van der Waals surface area (Å²) in [7, 11) is -3.61. The topological polar surface area (TPSA) is 96.5 Å². The predicted octanol–water partition coefficient (Wildman–Crippen LogP) is 0.934. The zero-order valence-electron chi connectivity index (χ0n) is 12.6. The second-order valence-corrected chi connectivity index (χ2v) is 6.81. The molecule has 0 saturated carbocycles. The van der Waals surface area contributed by atoms with Crippen molar-refractivity contribution in [2.45, 2.75) is 19.1 Å². The smallest absolute Gasteiger partial charge is 0.244 e. The summed E-state index contributed by atoms with van der Waals surface area (Å²) in [5.41, 5.74) is 0.0679. The van der Waals surface area contributed by atoms with Crippen LogP contribution in [0.3, 0.4) is 0 Å². The number of morpholine rings is 1. The molecule has 0 spiro atoms. The van der Waals surface area contributed by atoms with Crippen LogP contribution in [0.2, 0.25) is 0 Å². The molecular weight excluding hydrogens is 349 g/mol. The van der Waals surface area contributed by atoms with Gasteiger partial charge in [0.2, 0.25) is 15.9 Å². The molecule has 2 rings (SSSR count). The molecule has 1 fully saturated rings. The highest BCUT2D eigenvalue weighted by atomic mass is 35.5. The Bertz CT molecular complexity index is 671. The fraction of sp³-hybridized carbons (Fsp3) is 0.462. The van der Waals surface area contributed by atoms with Crippen LogP contribution in [-0.4, -0.2) is 45.9 Å². The minimum atomic E-state index is -3.61. The largest absolute Gasteiger partial charge is 0.375 e. The van der Waals surface area contributed by atoms with E-state index in [0.717, 1.165) is 12.3 Å². The molecule has 0 bridgehead atoms. The van der Waals surface area contributed by atoms with Gasteiger partial charge in [0.1, 0.15) is 11.9 Å². The number of anilines is 2. The van der Waals surface area contributed by atoms with Gasteiger partial charge in [0.15, 0.2) is 0 Å². The lowest BCUT2D eigenvalue weighted by atomic mass is 10.1. The van der Waals surface area contributed by atoms with Crippen molar-refractivity contribution in [3.63, 3.8) is 0 Å². The van der Waals surface area contributed by atoms with Gasteiger partial charge in [-0.2, -0.15) is 0 Å². The van der Waals surface area contributed by atoms with Crippen LogP contribution < -0.4 is 15.4 Å². The van der Waals surface area contributed by atoms with Crippen molar-refractivity contribution < 1.29 is 22.3 Å². The Hall–Kier alpha value is -1.42. The standard InChI is InChI=1S/C13H18FN3O4S.ClH/c1-8-12(15-5-6-21-8)13(18)16-9-3-4-10(14)11(7-9)17-22(2,19)20;/h3-4,7-8,12,15,17H,5-6H2,1-2H3,(H,16,18);1H/t8-,12+;/m1./s1. The second-order valence-electron chi connectivity index (χ2n) is 5.07. The first-order valence-electron chi connectivity index (χ1n) is 6.69. The third-order valence-corrected chi connectivity index (χ3v) is 3.72. The molecule has 10 heteroatoms. The van der Waals surface area contributed by atoms with Crippen molar-refractivity contribution in [3.05, 3.63) is 24.0 Å². The summed E-state index contributed by atoms with van der Waals surface area (Å²) in [5.74, 6) is -1.06. The average molecular weight is 368 g/mol. The Morgan fingerprint density at radius 2 is 2.13 bits per heavy atom. The van der Waals surface area contributed by atoms with Gasteiger partial charge in [0, 0.05) is 12.2 Å². The predicted molar refractivity (Wildman–Crippen MR) is 87.9 cm³/mol. The summed E-state index contributed by atoms with van der Waals surface area (Å²) >= 11 is 0. The number of ether oxygens (including phenoxy) is 1. The number of carbonyl (C=O) groups excluding carboxylic acids is 1. The quantitative estimate of drug-likeness (QED) is 0.735. The lowest BCUT2D eigenvalue weighted by Gasteiger charge is -2.29. The van der Waals surface area contributed by atoms with Crippen LogP contribution in [0.4, 0.5) is 15.8 Å². The molecule has 1 heterocycles. The molecular formula is C13H19ClFN3O4S. The summed E-state index contributed by atoms with van der Waals surface area (Å²) < 4.78 is 43.4. The second kappa shape index (κ2) is 7.91. The number of carbonyl (C=O) groups is 1. The fourth-order valence-electron chi connectivity index (χ4n) is 2.13. The van der Waals surface area contributed by atoms with Gasteiger partial charge in [-0.15, -0.1) is 12.4 Å². The highest BCUT2D eigenvalue weighted by Crippen LogP contribution is 2.21. The van der Waals surface area contributed by atoms with Gasteiger partial charge in [-0.3, -0.25) is 9.52 Å². The molecule has 1 amide bonds. The van der Waals surface area contributed by atoms with Gasteiger partial charge >= 0.3 is 0 Å². The van der Waals surface area contributed by atoms with Crippen molar-refractivity contribution in [2.24, 2.45) is 0 Å². The van der Waals surface area contributed by atoms with Gasteiger partial charge in [0.05, 0.1) is 24.7 Å². The Kier molecular flexibility index (Phi) is 6.75. The third-order valence-electron chi connectivity index (χ3n) is 3.13. The van der Waals surface area contributed by atoms with Crippen molar-refractivity contribution in [1.29, 1.82) is 0 Å². The molecule has 2 atom stereocenters. The zero-order valence-corrected chi connectivity index (χ0v) is 14.3. The van der Waals surface area contributed by atoms with Gasteiger partial charge in [0.25, 0.3) is 0 Å². The van der Waals surface area contributed by atoms with E-state index in [2.05, 4.69) is 15.4 Å². The highest BCUT2D eigenvalue weighted by molar-refractivity contribution is 7.92. The van der Waals surface area contributed by atoms with Crippen LogP contribution in [0.1, 0.15) is 6.92 Å². The van der Waals surface area contributed by atoms with Crippen LogP contribution in [0.5, 0.6) is 0 Å².